The molecule has 0 heterocycles. The quantitative estimate of drug-likeness (QED) is 0.0315. The molecule has 3 atom stereocenters. The van der Waals surface area contributed by atoms with Gasteiger partial charge in [0.2, 0.25) is 0 Å². The van der Waals surface area contributed by atoms with Crippen LogP contribution in [0.5, 0.6) is 0 Å². The molecule has 0 aromatic heterocycles. The first-order valence-electron chi connectivity index (χ1n) is 23.8. The van der Waals surface area contributed by atoms with Gasteiger partial charge in [-0.3, -0.25) is 9.59 Å². The fourth-order valence-electron chi connectivity index (χ4n) is 6.79. The van der Waals surface area contributed by atoms with E-state index in [1.807, 2.05) is 48.5 Å². The summed E-state index contributed by atoms with van der Waals surface area (Å²) in [5.74, 6) is 2.40. The van der Waals surface area contributed by atoms with E-state index < -0.39 is 0 Å². The van der Waals surface area contributed by atoms with Crippen molar-refractivity contribution in [2.75, 3.05) is 18.5 Å². The lowest BCUT2D eigenvalue weighted by Gasteiger charge is -2.19. The number of halogens is 4. The van der Waals surface area contributed by atoms with Crippen LogP contribution in [0.15, 0.2) is 105 Å². The molecule has 0 aliphatic carbocycles. The molecule has 0 amide bonds. The molecule has 356 valence electrons. The first kappa shape index (κ1) is 63.1. The standard InChI is InChI=1S/C20H30O2.C10H21Br.C10H20.C9H9BrO2.C6H4Br2/c1-4-7-8-9-18(5-2)20(6-3)19-12-10-17(11-13-19)14-15-22-16-21;1-3-5-6-7-10(4-2)8-9-11;1-4-7-8-9-10(5-2)6-3;10-9-3-1-8(2-4-9)5-6-12-7-11;7-5-1-2-6(8)4-3-5/h6,10-13,16,18H,4-5,7-9,14-15H2,1-3H3;10H,3-9H2,1-2H3;5,10H,2,4,6-9H2,1,3H3;1-4,7H,5-6H2;1-4H/b20-6+;;;;. The number of carbonyl (C=O) groups excluding carboxylic acids is 2. The lowest BCUT2D eigenvalue weighted by atomic mass is 9.86. The molecular weight excluding hydrogens is 1040 g/mol. The van der Waals surface area contributed by atoms with E-state index in [1.165, 1.54) is 130 Å². The minimum absolute atomic E-state index is 0.450. The second kappa shape index (κ2) is 46.5. The molecule has 0 saturated carbocycles. The van der Waals surface area contributed by atoms with Crippen molar-refractivity contribution in [3.8, 4) is 0 Å². The van der Waals surface area contributed by atoms with Crippen molar-refractivity contribution in [1.82, 2.24) is 0 Å². The monoisotopic (exact) mass is 1120 g/mol. The minimum atomic E-state index is 0.450. The van der Waals surface area contributed by atoms with E-state index in [0.29, 0.717) is 32.1 Å². The Bertz CT molecular complexity index is 1470. The molecule has 3 aromatic rings. The van der Waals surface area contributed by atoms with Crippen LogP contribution in [0.3, 0.4) is 0 Å². The van der Waals surface area contributed by atoms with Gasteiger partial charge >= 0.3 is 0 Å². The molecule has 4 nitrogen and oxygen atoms in total. The van der Waals surface area contributed by atoms with E-state index in [2.05, 4.69) is 160 Å². The zero-order chi connectivity index (χ0) is 47.4. The van der Waals surface area contributed by atoms with Crippen LogP contribution in [0, 0.1) is 17.8 Å². The third-order valence-corrected chi connectivity index (χ3v) is 12.9. The summed E-state index contributed by atoms with van der Waals surface area (Å²) in [6, 6.07) is 24.6. The Morgan fingerprint density at radius 3 is 1.37 bits per heavy atom. The predicted molar refractivity (Wildman–Crippen MR) is 290 cm³/mol. The van der Waals surface area contributed by atoms with E-state index >= 15 is 0 Å². The lowest BCUT2D eigenvalue weighted by molar-refractivity contribution is -0.129. The molecule has 3 rings (SSSR count). The molecule has 0 spiro atoms. The molecule has 0 aliphatic heterocycles. The smallest absolute Gasteiger partial charge is 0.293 e. The summed E-state index contributed by atoms with van der Waals surface area (Å²) in [4.78, 5) is 20.0. The van der Waals surface area contributed by atoms with E-state index in [4.69, 9.17) is 4.74 Å². The van der Waals surface area contributed by atoms with Crippen molar-refractivity contribution in [3.05, 3.63) is 122 Å². The van der Waals surface area contributed by atoms with Crippen LogP contribution in [-0.4, -0.2) is 31.5 Å². The summed E-state index contributed by atoms with van der Waals surface area (Å²) in [6.45, 7) is 21.4. The van der Waals surface area contributed by atoms with Gasteiger partial charge in [0.15, 0.2) is 0 Å². The van der Waals surface area contributed by atoms with Crippen LogP contribution >= 0.6 is 63.7 Å². The summed E-state index contributed by atoms with van der Waals surface area (Å²) in [5.41, 5.74) is 5.17. The lowest BCUT2D eigenvalue weighted by Crippen LogP contribution is -2.03. The van der Waals surface area contributed by atoms with E-state index in [1.54, 1.807) is 0 Å². The van der Waals surface area contributed by atoms with Crippen LogP contribution in [0.1, 0.15) is 168 Å². The number of rotatable bonds is 28. The number of hydrogen-bond donors (Lipinski definition) is 0. The highest BCUT2D eigenvalue weighted by atomic mass is 79.9. The minimum Gasteiger partial charge on any atom is -0.468 e. The number of unbranched alkanes of at least 4 members (excludes halogenated alkanes) is 6. The summed E-state index contributed by atoms with van der Waals surface area (Å²) >= 11 is 13.5. The van der Waals surface area contributed by atoms with Gasteiger partial charge in [0.05, 0.1) is 13.2 Å². The van der Waals surface area contributed by atoms with Gasteiger partial charge in [-0.1, -0.05) is 224 Å². The van der Waals surface area contributed by atoms with Crippen LogP contribution in [0.25, 0.3) is 5.57 Å². The van der Waals surface area contributed by atoms with E-state index in [-0.39, 0.29) is 0 Å². The van der Waals surface area contributed by atoms with Crippen LogP contribution in [0.2, 0.25) is 0 Å². The number of alkyl halides is 1. The molecule has 8 heteroatoms. The fourth-order valence-corrected chi connectivity index (χ4v) is 8.23. The van der Waals surface area contributed by atoms with Gasteiger partial charge in [0.1, 0.15) is 0 Å². The molecule has 3 aromatic carbocycles. The second-order valence-electron chi connectivity index (χ2n) is 15.7. The van der Waals surface area contributed by atoms with Gasteiger partial charge in [-0.15, -0.1) is 6.58 Å². The van der Waals surface area contributed by atoms with Gasteiger partial charge < -0.3 is 9.47 Å². The highest BCUT2D eigenvalue weighted by Crippen LogP contribution is 2.30. The Labute approximate surface area is 420 Å². The maximum absolute atomic E-state index is 10.2. The molecule has 3 unspecified atom stereocenters. The third-order valence-electron chi connectivity index (χ3n) is 10.9. The maximum atomic E-state index is 10.2. The second-order valence-corrected chi connectivity index (χ2v) is 19.2. The van der Waals surface area contributed by atoms with Gasteiger partial charge in [-0.2, -0.15) is 0 Å². The molecular formula is C55H84Br4O4. The van der Waals surface area contributed by atoms with Gasteiger partial charge in [0.25, 0.3) is 12.9 Å². The number of ether oxygens (including phenoxy) is 2. The van der Waals surface area contributed by atoms with E-state index in [9.17, 15) is 9.59 Å². The van der Waals surface area contributed by atoms with Crippen molar-refractivity contribution in [3.63, 3.8) is 0 Å². The van der Waals surface area contributed by atoms with Crippen LogP contribution in [-0.2, 0) is 31.9 Å². The van der Waals surface area contributed by atoms with Crippen molar-refractivity contribution in [2.45, 2.75) is 164 Å². The number of hydrogen-bond acceptors (Lipinski definition) is 4. The number of carbonyl (C=O) groups is 2. The first-order valence-corrected chi connectivity index (χ1v) is 27.3. The third kappa shape index (κ3) is 36.9. The normalized spacial score (nSPS) is 11.9. The Morgan fingerprint density at radius 1 is 0.571 bits per heavy atom. The topological polar surface area (TPSA) is 52.6 Å². The number of benzene rings is 3. The molecule has 0 N–H and O–H groups in total. The summed E-state index contributed by atoms with van der Waals surface area (Å²) in [5, 5.41) is 1.18. The molecule has 0 fully saturated rings. The van der Waals surface area contributed by atoms with Crippen molar-refractivity contribution in [1.29, 1.82) is 0 Å². The molecule has 0 bridgehead atoms. The van der Waals surface area contributed by atoms with Crippen LogP contribution in [0.4, 0.5) is 0 Å². The zero-order valence-electron chi connectivity index (χ0n) is 40.2. The zero-order valence-corrected chi connectivity index (χ0v) is 46.5. The Hall–Kier alpha value is -2.00. The number of allylic oxidation sites excluding steroid dienone is 3. The molecule has 63 heavy (non-hydrogen) atoms. The maximum Gasteiger partial charge on any atom is 0.293 e. The average Bonchev–Trinajstić information content (AvgIpc) is 3.30. The molecule has 0 aliphatic rings. The average molecular weight is 1130 g/mol. The van der Waals surface area contributed by atoms with Gasteiger partial charge in [-0.25, -0.2) is 0 Å². The fraction of sp³-hybridized carbons (Fsp3) is 0.564. The first-order chi connectivity index (χ1) is 30.6. The highest BCUT2D eigenvalue weighted by molar-refractivity contribution is 9.11. The molecule has 0 saturated heterocycles. The van der Waals surface area contributed by atoms with E-state index in [0.717, 1.165) is 38.1 Å². The largest absolute Gasteiger partial charge is 0.468 e. The highest BCUT2D eigenvalue weighted by Gasteiger charge is 2.13. The summed E-state index contributed by atoms with van der Waals surface area (Å²) in [6.07, 6.45) is 27.3. The Morgan fingerprint density at radius 2 is 1.00 bits per heavy atom. The SMILES string of the molecule is Brc1ccc(Br)cc1.C/C=C(/c1ccc(CCOC=O)cc1)C(CC)CCCCC.C=CC(CC)CCCCC.CCCCCC(CC)CCBr.O=COCCc1ccc(Br)cc1. The Kier molecular flexibility index (Phi) is 46.6. The molecule has 0 radical (unpaired) electrons. The predicted octanol–water partition coefficient (Wildman–Crippen LogP) is 18.9. The van der Waals surface area contributed by atoms with Crippen LogP contribution < -0.4 is 0 Å². The summed E-state index contributed by atoms with van der Waals surface area (Å²) in [7, 11) is 0. The van der Waals surface area contributed by atoms with Crippen molar-refractivity contribution in [2.24, 2.45) is 17.8 Å². The van der Waals surface area contributed by atoms with Gasteiger partial charge in [-0.05, 0) is 115 Å². The summed E-state index contributed by atoms with van der Waals surface area (Å²) < 4.78 is 12.6. The van der Waals surface area contributed by atoms with Crippen molar-refractivity contribution < 1.29 is 19.1 Å². The van der Waals surface area contributed by atoms with Crippen molar-refractivity contribution >= 4 is 82.2 Å². The Balaban J connectivity index is 0. The van der Waals surface area contributed by atoms with Gasteiger partial charge in [0, 0.05) is 31.6 Å².